The lowest BCUT2D eigenvalue weighted by atomic mass is 10.1. The molecule has 0 aliphatic heterocycles. The molecule has 2 aromatic rings. The lowest BCUT2D eigenvalue weighted by Gasteiger charge is -2.19. The first-order chi connectivity index (χ1) is 9.85. The number of anilines is 1. The first kappa shape index (κ1) is 15.3. The Morgan fingerprint density at radius 3 is 2.71 bits per heavy atom. The predicted molar refractivity (Wildman–Crippen MR) is 82.3 cm³/mol. The third kappa shape index (κ3) is 4.43. The number of amides is 1. The largest absolute Gasteiger partial charge is 0.444 e. The summed E-state index contributed by atoms with van der Waals surface area (Å²) in [6, 6.07) is 5.18. The molecule has 0 saturated carbocycles. The Labute approximate surface area is 128 Å². The molecule has 110 valence electrons. The zero-order chi connectivity index (χ0) is 15.5. The van der Waals surface area contributed by atoms with E-state index in [1.54, 1.807) is 57.6 Å². The van der Waals surface area contributed by atoms with Crippen molar-refractivity contribution < 1.29 is 9.53 Å². The zero-order valence-electron chi connectivity index (χ0n) is 12.1. The van der Waals surface area contributed by atoms with Crippen LogP contribution in [0.15, 0.2) is 36.8 Å². The molecule has 0 saturated heterocycles. The van der Waals surface area contributed by atoms with Crippen molar-refractivity contribution in [1.82, 2.24) is 9.97 Å². The molecule has 5 nitrogen and oxygen atoms in total. The number of aromatic nitrogens is 2. The van der Waals surface area contributed by atoms with E-state index in [9.17, 15) is 4.79 Å². The van der Waals surface area contributed by atoms with Crippen molar-refractivity contribution >= 4 is 23.4 Å². The van der Waals surface area contributed by atoms with Crippen LogP contribution < -0.4 is 5.32 Å². The van der Waals surface area contributed by atoms with E-state index in [1.807, 2.05) is 0 Å². The first-order valence-corrected chi connectivity index (χ1v) is 6.79. The second-order valence-electron chi connectivity index (χ2n) is 5.41. The number of carbonyl (C=O) groups excluding carboxylic acids is 1. The van der Waals surface area contributed by atoms with Crippen LogP contribution in [-0.4, -0.2) is 21.7 Å². The minimum Gasteiger partial charge on any atom is -0.444 e. The molecule has 0 aromatic carbocycles. The monoisotopic (exact) mass is 305 g/mol. The summed E-state index contributed by atoms with van der Waals surface area (Å²) >= 11 is 6.09. The highest BCUT2D eigenvalue weighted by Gasteiger charge is 2.16. The minimum absolute atomic E-state index is 0.499. The maximum Gasteiger partial charge on any atom is 0.412 e. The summed E-state index contributed by atoms with van der Waals surface area (Å²) in [5.41, 5.74) is 1.44. The second-order valence-corrected chi connectivity index (χ2v) is 5.82. The molecule has 1 amide bonds. The molecular formula is C15H16ClN3O2. The molecule has 2 rings (SSSR count). The van der Waals surface area contributed by atoms with Gasteiger partial charge in [-0.2, -0.15) is 0 Å². The van der Waals surface area contributed by atoms with Crippen molar-refractivity contribution in [3.8, 4) is 11.3 Å². The van der Waals surface area contributed by atoms with Gasteiger partial charge in [0.05, 0.1) is 10.7 Å². The molecule has 2 heterocycles. The fourth-order valence-electron chi connectivity index (χ4n) is 1.66. The van der Waals surface area contributed by atoms with Crippen molar-refractivity contribution in [3.63, 3.8) is 0 Å². The van der Waals surface area contributed by atoms with Crippen molar-refractivity contribution in [1.29, 1.82) is 0 Å². The Kier molecular flexibility index (Phi) is 4.43. The van der Waals surface area contributed by atoms with E-state index in [2.05, 4.69) is 15.3 Å². The van der Waals surface area contributed by atoms with Gasteiger partial charge in [0.2, 0.25) is 0 Å². The smallest absolute Gasteiger partial charge is 0.412 e. The van der Waals surface area contributed by atoms with Gasteiger partial charge in [0.25, 0.3) is 0 Å². The van der Waals surface area contributed by atoms with Gasteiger partial charge in [-0.1, -0.05) is 11.6 Å². The topological polar surface area (TPSA) is 64.1 Å². The number of halogens is 1. The number of nitrogens with zero attached hydrogens (tertiary/aromatic N) is 2. The number of rotatable bonds is 2. The second kappa shape index (κ2) is 6.10. The van der Waals surface area contributed by atoms with Gasteiger partial charge in [0.15, 0.2) is 0 Å². The van der Waals surface area contributed by atoms with Crippen molar-refractivity contribution in [3.05, 3.63) is 41.8 Å². The van der Waals surface area contributed by atoms with Gasteiger partial charge in [0.1, 0.15) is 5.60 Å². The molecule has 0 aliphatic rings. The molecule has 0 aliphatic carbocycles. The summed E-state index contributed by atoms with van der Waals surface area (Å²) in [5, 5.41) is 3.17. The number of ether oxygens (including phenoxy) is 1. The molecule has 0 fully saturated rings. The van der Waals surface area contributed by atoms with Crippen LogP contribution in [0.3, 0.4) is 0 Å². The van der Waals surface area contributed by atoms with E-state index in [-0.39, 0.29) is 0 Å². The van der Waals surface area contributed by atoms with Gasteiger partial charge in [-0.05, 0) is 39.0 Å². The molecule has 0 unspecified atom stereocenters. The van der Waals surface area contributed by atoms with Crippen LogP contribution in [0.4, 0.5) is 10.5 Å². The van der Waals surface area contributed by atoms with Crippen molar-refractivity contribution in [2.24, 2.45) is 0 Å². The SMILES string of the molecule is CC(C)(C)OC(=O)Nc1ccnc(-c2ccncc2Cl)c1. The van der Waals surface area contributed by atoms with E-state index in [4.69, 9.17) is 16.3 Å². The Hall–Kier alpha value is -2.14. The van der Waals surface area contributed by atoms with Crippen molar-refractivity contribution in [2.45, 2.75) is 26.4 Å². The fraction of sp³-hybridized carbons (Fsp3) is 0.267. The summed E-state index contributed by atoms with van der Waals surface area (Å²) in [6.45, 7) is 5.42. The molecule has 0 atom stereocenters. The number of carbonyl (C=O) groups is 1. The summed E-state index contributed by atoms with van der Waals surface area (Å²) in [7, 11) is 0. The van der Waals surface area contributed by atoms with E-state index < -0.39 is 11.7 Å². The van der Waals surface area contributed by atoms with Crippen LogP contribution in [0.1, 0.15) is 20.8 Å². The molecule has 2 aromatic heterocycles. The van der Waals surface area contributed by atoms with Gasteiger partial charge in [0, 0.05) is 29.8 Å². The lowest BCUT2D eigenvalue weighted by Crippen LogP contribution is -2.27. The van der Waals surface area contributed by atoms with E-state index in [0.717, 1.165) is 5.56 Å². The first-order valence-electron chi connectivity index (χ1n) is 6.41. The molecule has 0 bridgehead atoms. The molecule has 1 N–H and O–H groups in total. The third-order valence-corrected chi connectivity index (χ3v) is 2.75. The number of hydrogen-bond donors (Lipinski definition) is 1. The summed E-state index contributed by atoms with van der Waals surface area (Å²) < 4.78 is 5.20. The number of pyridine rings is 2. The Bertz CT molecular complexity index is 653. The highest BCUT2D eigenvalue weighted by atomic mass is 35.5. The average molecular weight is 306 g/mol. The van der Waals surface area contributed by atoms with Crippen LogP contribution in [0.5, 0.6) is 0 Å². The van der Waals surface area contributed by atoms with Crippen molar-refractivity contribution in [2.75, 3.05) is 5.32 Å². The van der Waals surface area contributed by atoms with Gasteiger partial charge in [-0.3, -0.25) is 15.3 Å². The summed E-state index contributed by atoms with van der Waals surface area (Å²) in [6.07, 6.45) is 4.27. The third-order valence-electron chi connectivity index (χ3n) is 2.45. The number of hydrogen-bond acceptors (Lipinski definition) is 4. The highest BCUT2D eigenvalue weighted by Crippen LogP contribution is 2.26. The summed E-state index contributed by atoms with van der Waals surface area (Å²) in [4.78, 5) is 19.9. The molecule has 6 heteroatoms. The maximum atomic E-state index is 11.8. The fourth-order valence-corrected chi connectivity index (χ4v) is 1.88. The maximum absolute atomic E-state index is 11.8. The lowest BCUT2D eigenvalue weighted by molar-refractivity contribution is 0.0636. The average Bonchev–Trinajstić information content (AvgIpc) is 2.37. The predicted octanol–water partition coefficient (Wildman–Crippen LogP) is 4.14. The molecule has 21 heavy (non-hydrogen) atoms. The standard InChI is InChI=1S/C15H16ClN3O2/c1-15(2,3)21-14(20)19-10-4-7-18-13(8-10)11-5-6-17-9-12(11)16/h4-9H,1-3H3,(H,18,19,20). The zero-order valence-corrected chi connectivity index (χ0v) is 12.8. The van der Waals surface area contributed by atoms with Gasteiger partial charge < -0.3 is 4.74 Å². The van der Waals surface area contributed by atoms with Gasteiger partial charge >= 0.3 is 6.09 Å². The minimum atomic E-state index is -0.547. The summed E-state index contributed by atoms with van der Waals surface area (Å²) in [5.74, 6) is 0. The Morgan fingerprint density at radius 2 is 2.05 bits per heavy atom. The van der Waals surface area contributed by atoms with E-state index >= 15 is 0 Å². The van der Waals surface area contributed by atoms with Gasteiger partial charge in [-0.25, -0.2) is 4.79 Å². The van der Waals surface area contributed by atoms with Crippen LogP contribution in [0.2, 0.25) is 5.02 Å². The van der Waals surface area contributed by atoms with Gasteiger partial charge in [-0.15, -0.1) is 0 Å². The van der Waals surface area contributed by atoms with Crippen LogP contribution in [0, 0.1) is 0 Å². The molecule has 0 spiro atoms. The number of nitrogens with one attached hydrogen (secondary N) is 1. The highest BCUT2D eigenvalue weighted by molar-refractivity contribution is 6.33. The Balaban J connectivity index is 2.19. The van der Waals surface area contributed by atoms with Crippen LogP contribution >= 0.6 is 11.6 Å². The molecular weight excluding hydrogens is 290 g/mol. The van der Waals surface area contributed by atoms with E-state index in [0.29, 0.717) is 16.4 Å². The van der Waals surface area contributed by atoms with Crippen LogP contribution in [0.25, 0.3) is 11.3 Å². The normalized spacial score (nSPS) is 11.0. The van der Waals surface area contributed by atoms with Crippen LogP contribution in [-0.2, 0) is 4.74 Å². The van der Waals surface area contributed by atoms with E-state index in [1.165, 1.54) is 0 Å². The Morgan fingerprint density at radius 1 is 1.29 bits per heavy atom. The quantitative estimate of drug-likeness (QED) is 0.905. The molecule has 0 radical (unpaired) electrons.